The molecule has 0 spiro atoms. The van der Waals surface area contributed by atoms with Crippen LogP contribution in [0.5, 0.6) is 0 Å². The number of amides is 1. The van der Waals surface area contributed by atoms with E-state index in [0.717, 1.165) is 17.0 Å². The van der Waals surface area contributed by atoms with Gasteiger partial charge in [0.15, 0.2) is 0 Å². The Morgan fingerprint density at radius 1 is 1.09 bits per heavy atom. The molecule has 1 amide bonds. The van der Waals surface area contributed by atoms with E-state index in [4.69, 9.17) is 0 Å². The minimum atomic E-state index is -3.53. The van der Waals surface area contributed by atoms with E-state index >= 15 is 0 Å². The van der Waals surface area contributed by atoms with Gasteiger partial charge in [0.05, 0.1) is 4.90 Å². The number of carbonyl (C=O) groups excluding carboxylic acids is 1. The van der Waals surface area contributed by atoms with Crippen molar-refractivity contribution in [3.63, 3.8) is 0 Å². The van der Waals surface area contributed by atoms with Gasteiger partial charge >= 0.3 is 0 Å². The monoisotopic (exact) mass is 457 g/mol. The molecule has 1 aliphatic rings. The lowest BCUT2D eigenvalue weighted by Crippen LogP contribution is -2.46. The smallest absolute Gasteiger partial charge is 0.252 e. The van der Waals surface area contributed by atoms with Gasteiger partial charge in [-0.05, 0) is 57.1 Å². The van der Waals surface area contributed by atoms with Gasteiger partial charge in [-0.3, -0.25) is 4.79 Å². The number of rotatable bonds is 6. The predicted molar refractivity (Wildman–Crippen MR) is 120 cm³/mol. The number of nitrogens with one attached hydrogen (secondary N) is 1. The van der Waals surface area contributed by atoms with Crippen LogP contribution in [0.4, 0.5) is 5.69 Å². The molecule has 0 unspecified atom stereocenters. The van der Waals surface area contributed by atoms with Gasteiger partial charge in [-0.1, -0.05) is 0 Å². The van der Waals surface area contributed by atoms with Gasteiger partial charge in [-0.25, -0.2) is 17.9 Å². The number of piperazine rings is 1. The number of likely N-dealkylation sites (N-methyl/N-ethyl adjacent to an activating group) is 1. The average Bonchev–Trinajstić information content (AvgIpc) is 3.23. The fourth-order valence-electron chi connectivity index (χ4n) is 3.87. The van der Waals surface area contributed by atoms with Crippen LogP contribution in [0.3, 0.4) is 0 Å². The van der Waals surface area contributed by atoms with Gasteiger partial charge in [0.2, 0.25) is 15.9 Å². The van der Waals surface area contributed by atoms with Gasteiger partial charge in [0.25, 0.3) is 5.78 Å². The van der Waals surface area contributed by atoms with E-state index in [1.54, 1.807) is 28.8 Å². The highest BCUT2D eigenvalue weighted by atomic mass is 32.2. The summed E-state index contributed by atoms with van der Waals surface area (Å²) in [6, 6.07) is 6.33. The maximum atomic E-state index is 12.8. The molecule has 0 bridgehead atoms. The lowest BCUT2D eigenvalue weighted by Gasteiger charge is -2.31. The number of fused-ring (bicyclic) bond motifs is 1. The summed E-state index contributed by atoms with van der Waals surface area (Å²) in [6.07, 6.45) is 2.24. The molecule has 4 rings (SSSR count). The van der Waals surface area contributed by atoms with E-state index in [1.807, 2.05) is 20.9 Å². The van der Waals surface area contributed by atoms with Crippen molar-refractivity contribution in [3.8, 4) is 0 Å². The number of benzene rings is 1. The van der Waals surface area contributed by atoms with E-state index in [2.05, 4.69) is 25.3 Å². The molecule has 2 aromatic heterocycles. The highest BCUT2D eigenvalue weighted by Crippen LogP contribution is 2.20. The number of hydrogen-bond donors (Lipinski definition) is 1. The van der Waals surface area contributed by atoms with Crippen LogP contribution in [-0.4, -0.2) is 76.3 Å². The van der Waals surface area contributed by atoms with E-state index in [0.29, 0.717) is 44.1 Å². The van der Waals surface area contributed by atoms with Crippen LogP contribution in [-0.2, 0) is 21.2 Å². The molecule has 0 saturated carbocycles. The number of carbonyl (C=O) groups is 1. The van der Waals surface area contributed by atoms with Crippen molar-refractivity contribution >= 4 is 27.4 Å². The van der Waals surface area contributed by atoms with Crippen molar-refractivity contribution in [3.05, 3.63) is 47.5 Å². The Bertz CT molecular complexity index is 1230. The second-order valence-electron chi connectivity index (χ2n) is 8.01. The molecule has 0 aliphatic carbocycles. The molecule has 11 heteroatoms. The molecule has 1 aliphatic heterocycles. The molecule has 10 nitrogen and oxygen atoms in total. The second kappa shape index (κ2) is 8.93. The second-order valence-corrected chi connectivity index (χ2v) is 9.95. The highest BCUT2D eigenvalue weighted by molar-refractivity contribution is 7.89. The van der Waals surface area contributed by atoms with Gasteiger partial charge in [0, 0.05) is 49.7 Å². The molecule has 1 aromatic carbocycles. The third-order valence-corrected chi connectivity index (χ3v) is 7.74. The van der Waals surface area contributed by atoms with Gasteiger partial charge in [-0.2, -0.15) is 14.4 Å². The maximum absolute atomic E-state index is 12.8. The lowest BCUT2D eigenvalue weighted by atomic mass is 10.1. The zero-order chi connectivity index (χ0) is 22.9. The van der Waals surface area contributed by atoms with Crippen LogP contribution < -0.4 is 5.32 Å². The molecular weight excluding hydrogens is 430 g/mol. The number of hydrogen-bond acceptors (Lipinski definition) is 7. The van der Waals surface area contributed by atoms with Crippen molar-refractivity contribution in [1.82, 2.24) is 28.8 Å². The molecule has 1 N–H and O–H groups in total. The first-order valence-electron chi connectivity index (χ1n) is 10.5. The van der Waals surface area contributed by atoms with Crippen LogP contribution in [0.15, 0.2) is 35.5 Å². The third-order valence-electron chi connectivity index (χ3n) is 5.83. The minimum absolute atomic E-state index is 0.155. The molecule has 32 heavy (non-hydrogen) atoms. The standard InChI is InChI=1S/C21H27N7O3S/c1-15-19(16(2)28-21(24-15)22-14-23-28)8-9-20(29)25-17-4-6-18(7-5-17)32(30,31)27-12-10-26(3)11-13-27/h4-7,14H,8-13H2,1-3H3,(H,25,29). The van der Waals surface area contributed by atoms with Crippen LogP contribution in [0.1, 0.15) is 23.4 Å². The van der Waals surface area contributed by atoms with Crippen molar-refractivity contribution < 1.29 is 13.2 Å². The minimum Gasteiger partial charge on any atom is -0.326 e. The first-order chi connectivity index (χ1) is 15.3. The molecule has 170 valence electrons. The molecule has 1 fully saturated rings. The summed E-state index contributed by atoms with van der Waals surface area (Å²) >= 11 is 0. The van der Waals surface area contributed by atoms with Crippen LogP contribution in [0.25, 0.3) is 5.78 Å². The summed E-state index contributed by atoms with van der Waals surface area (Å²) in [7, 11) is -1.55. The van der Waals surface area contributed by atoms with Crippen LogP contribution in [0.2, 0.25) is 0 Å². The summed E-state index contributed by atoms with van der Waals surface area (Å²) in [5.41, 5.74) is 3.27. The molecule has 3 heterocycles. The average molecular weight is 458 g/mol. The summed E-state index contributed by atoms with van der Waals surface area (Å²) in [5, 5.41) is 7.01. The molecule has 0 atom stereocenters. The molecule has 0 radical (unpaired) electrons. The zero-order valence-electron chi connectivity index (χ0n) is 18.4. The Kier molecular flexibility index (Phi) is 6.22. The topological polar surface area (TPSA) is 113 Å². The Hall–Kier alpha value is -2.89. The van der Waals surface area contributed by atoms with E-state index in [1.165, 1.54) is 10.6 Å². The van der Waals surface area contributed by atoms with E-state index in [-0.39, 0.29) is 17.2 Å². The first kappa shape index (κ1) is 22.3. The van der Waals surface area contributed by atoms with Gasteiger partial charge in [0.1, 0.15) is 6.33 Å². The normalized spacial score (nSPS) is 15.8. The van der Waals surface area contributed by atoms with Crippen LogP contribution >= 0.6 is 0 Å². The van der Waals surface area contributed by atoms with Gasteiger partial charge in [-0.15, -0.1) is 0 Å². The van der Waals surface area contributed by atoms with Crippen molar-refractivity contribution in [1.29, 1.82) is 0 Å². The number of aryl methyl sites for hydroxylation is 2. The summed E-state index contributed by atoms with van der Waals surface area (Å²) in [6.45, 7) is 6.21. The highest BCUT2D eigenvalue weighted by Gasteiger charge is 2.27. The Morgan fingerprint density at radius 3 is 2.47 bits per heavy atom. The lowest BCUT2D eigenvalue weighted by molar-refractivity contribution is -0.116. The SMILES string of the molecule is Cc1nc2ncnn2c(C)c1CCC(=O)Nc1ccc(S(=O)(=O)N2CCN(C)CC2)cc1. The summed E-state index contributed by atoms with van der Waals surface area (Å²) in [5.74, 6) is 0.386. The number of nitrogens with zero attached hydrogens (tertiary/aromatic N) is 6. The van der Waals surface area contributed by atoms with Crippen molar-refractivity contribution in [2.24, 2.45) is 0 Å². The molecular formula is C21H27N7O3S. The Labute approximate surface area is 187 Å². The van der Waals surface area contributed by atoms with Gasteiger partial charge < -0.3 is 10.2 Å². The Morgan fingerprint density at radius 2 is 1.78 bits per heavy atom. The maximum Gasteiger partial charge on any atom is 0.252 e. The summed E-state index contributed by atoms with van der Waals surface area (Å²) in [4.78, 5) is 23.4. The fourth-order valence-corrected chi connectivity index (χ4v) is 5.29. The quantitative estimate of drug-likeness (QED) is 0.593. The largest absolute Gasteiger partial charge is 0.326 e. The number of sulfonamides is 1. The Balaban J connectivity index is 1.38. The fraction of sp³-hybridized carbons (Fsp3) is 0.429. The van der Waals surface area contributed by atoms with Crippen LogP contribution in [0, 0.1) is 13.8 Å². The summed E-state index contributed by atoms with van der Waals surface area (Å²) < 4.78 is 28.8. The van der Waals surface area contributed by atoms with Crippen molar-refractivity contribution in [2.45, 2.75) is 31.6 Å². The van der Waals surface area contributed by atoms with E-state index in [9.17, 15) is 13.2 Å². The number of anilines is 1. The predicted octanol–water partition coefficient (Wildman–Crippen LogP) is 1.25. The first-order valence-corrected chi connectivity index (χ1v) is 11.9. The number of aromatic nitrogens is 4. The van der Waals surface area contributed by atoms with E-state index < -0.39 is 10.0 Å². The molecule has 1 saturated heterocycles. The third kappa shape index (κ3) is 4.50. The zero-order valence-corrected chi connectivity index (χ0v) is 19.3. The van der Waals surface area contributed by atoms with Crippen molar-refractivity contribution in [2.75, 3.05) is 38.5 Å². The molecule has 3 aromatic rings.